The SMILES string of the molecule is CC1Sc2ccc(C(=O)ONc3ccc(SNc4ccccc4)cn3)cc2NC1=O. The number of rotatable bonds is 6. The lowest BCUT2D eigenvalue weighted by molar-refractivity contribution is -0.115. The molecule has 2 aromatic carbocycles. The van der Waals surface area contributed by atoms with Crippen LogP contribution in [-0.2, 0) is 9.63 Å². The van der Waals surface area contributed by atoms with E-state index in [4.69, 9.17) is 4.84 Å². The van der Waals surface area contributed by atoms with E-state index in [0.717, 1.165) is 15.5 Å². The number of hydrogen-bond acceptors (Lipinski definition) is 8. The van der Waals surface area contributed by atoms with Gasteiger partial charge in [0, 0.05) is 21.7 Å². The first kappa shape index (κ1) is 20.1. The van der Waals surface area contributed by atoms with Gasteiger partial charge in [-0.15, -0.1) is 11.8 Å². The third-order valence-corrected chi connectivity index (χ3v) is 6.18. The molecule has 3 aromatic rings. The summed E-state index contributed by atoms with van der Waals surface area (Å²) in [5.41, 5.74) is 4.49. The summed E-state index contributed by atoms with van der Waals surface area (Å²) < 4.78 is 3.22. The zero-order valence-corrected chi connectivity index (χ0v) is 17.5. The van der Waals surface area contributed by atoms with Crippen molar-refractivity contribution in [1.82, 2.24) is 4.98 Å². The highest BCUT2D eigenvalue weighted by atomic mass is 32.2. The largest absolute Gasteiger partial charge is 0.362 e. The van der Waals surface area contributed by atoms with E-state index in [0.29, 0.717) is 17.1 Å². The zero-order chi connectivity index (χ0) is 20.9. The molecule has 1 aromatic heterocycles. The van der Waals surface area contributed by atoms with E-state index in [1.165, 1.54) is 23.7 Å². The minimum atomic E-state index is -0.568. The number of carbonyl (C=O) groups excluding carboxylic acids is 2. The van der Waals surface area contributed by atoms with Crippen molar-refractivity contribution in [2.24, 2.45) is 0 Å². The summed E-state index contributed by atoms with van der Waals surface area (Å²) in [5, 5.41) is 2.64. The monoisotopic (exact) mass is 438 g/mol. The van der Waals surface area contributed by atoms with E-state index in [1.54, 1.807) is 30.5 Å². The molecule has 152 valence electrons. The van der Waals surface area contributed by atoms with E-state index < -0.39 is 5.97 Å². The van der Waals surface area contributed by atoms with Gasteiger partial charge in [0.2, 0.25) is 5.91 Å². The van der Waals surface area contributed by atoms with Crippen LogP contribution in [0.2, 0.25) is 0 Å². The molecule has 0 bridgehead atoms. The van der Waals surface area contributed by atoms with Gasteiger partial charge in [0.25, 0.3) is 0 Å². The summed E-state index contributed by atoms with van der Waals surface area (Å²) in [7, 11) is 0. The zero-order valence-electron chi connectivity index (χ0n) is 15.9. The fraction of sp³-hybridized carbons (Fsp3) is 0.0952. The number of pyridine rings is 1. The average molecular weight is 439 g/mol. The minimum Gasteiger partial charge on any atom is -0.336 e. The number of anilines is 3. The van der Waals surface area contributed by atoms with Crippen LogP contribution in [0.15, 0.2) is 76.7 Å². The van der Waals surface area contributed by atoms with E-state index in [1.807, 2.05) is 43.3 Å². The quantitative estimate of drug-likeness (QED) is 0.373. The lowest BCUT2D eigenvalue weighted by atomic mass is 10.2. The van der Waals surface area contributed by atoms with Crippen molar-refractivity contribution in [1.29, 1.82) is 0 Å². The van der Waals surface area contributed by atoms with Crippen LogP contribution in [0.3, 0.4) is 0 Å². The highest BCUT2D eigenvalue weighted by Crippen LogP contribution is 2.36. The molecule has 1 aliphatic rings. The molecular formula is C21H18N4O3S2. The Bertz CT molecular complexity index is 1060. The van der Waals surface area contributed by atoms with E-state index in [-0.39, 0.29) is 11.2 Å². The number of thioether (sulfide) groups is 1. The van der Waals surface area contributed by atoms with Crippen LogP contribution >= 0.6 is 23.7 Å². The molecule has 4 rings (SSSR count). The van der Waals surface area contributed by atoms with Gasteiger partial charge in [-0.1, -0.05) is 18.2 Å². The first-order valence-electron chi connectivity index (χ1n) is 9.11. The Balaban J connectivity index is 1.32. The normalized spacial score (nSPS) is 15.0. The number of hydrogen-bond donors (Lipinski definition) is 3. The van der Waals surface area contributed by atoms with Gasteiger partial charge in [0.15, 0.2) is 5.82 Å². The minimum absolute atomic E-state index is 0.0833. The van der Waals surface area contributed by atoms with Crippen LogP contribution in [0, 0.1) is 0 Å². The molecule has 3 N–H and O–H groups in total. The molecular weight excluding hydrogens is 420 g/mol. The Hall–Kier alpha value is -3.17. The summed E-state index contributed by atoms with van der Waals surface area (Å²) in [6.07, 6.45) is 1.67. The predicted molar refractivity (Wildman–Crippen MR) is 120 cm³/mol. The number of aromatic nitrogens is 1. The van der Waals surface area contributed by atoms with Crippen molar-refractivity contribution >= 4 is 52.8 Å². The van der Waals surface area contributed by atoms with Crippen molar-refractivity contribution in [3.63, 3.8) is 0 Å². The lowest BCUT2D eigenvalue weighted by Crippen LogP contribution is -2.26. The second-order valence-electron chi connectivity index (χ2n) is 6.40. The summed E-state index contributed by atoms with van der Waals surface area (Å²) >= 11 is 2.89. The maximum Gasteiger partial charge on any atom is 0.362 e. The van der Waals surface area contributed by atoms with Crippen LogP contribution in [0.1, 0.15) is 17.3 Å². The van der Waals surface area contributed by atoms with Crippen molar-refractivity contribution in [2.45, 2.75) is 22.0 Å². The Morgan fingerprint density at radius 1 is 1.17 bits per heavy atom. The molecule has 0 spiro atoms. The Kier molecular flexibility index (Phi) is 6.10. The van der Waals surface area contributed by atoms with Crippen LogP contribution < -0.4 is 15.5 Å². The average Bonchev–Trinajstić information content (AvgIpc) is 2.78. The Morgan fingerprint density at radius 2 is 2.00 bits per heavy atom. The number of nitrogens with zero attached hydrogens (tertiary/aromatic N) is 1. The summed E-state index contributed by atoms with van der Waals surface area (Å²) in [4.78, 5) is 35.4. The molecule has 1 amide bonds. The highest BCUT2D eigenvalue weighted by molar-refractivity contribution is 8.01. The third-order valence-electron chi connectivity index (χ3n) is 4.19. The highest BCUT2D eigenvalue weighted by Gasteiger charge is 2.24. The maximum absolute atomic E-state index is 12.3. The van der Waals surface area contributed by atoms with Gasteiger partial charge in [0.05, 0.1) is 16.5 Å². The van der Waals surface area contributed by atoms with E-state index in [9.17, 15) is 9.59 Å². The van der Waals surface area contributed by atoms with Crippen molar-refractivity contribution in [2.75, 3.05) is 15.5 Å². The van der Waals surface area contributed by atoms with Crippen LogP contribution in [0.5, 0.6) is 0 Å². The molecule has 0 saturated heterocycles. The van der Waals surface area contributed by atoms with Gasteiger partial charge < -0.3 is 14.9 Å². The van der Waals surface area contributed by atoms with Gasteiger partial charge in [0.1, 0.15) is 0 Å². The first-order chi connectivity index (χ1) is 14.6. The molecule has 0 radical (unpaired) electrons. The number of benzene rings is 2. The number of carbonyl (C=O) groups is 2. The standard InChI is InChI=1S/C21H18N4O3S2/c1-13-20(26)23-17-11-14(7-9-18(17)29-13)21(27)28-24-19-10-8-16(12-22-19)30-25-15-5-3-2-4-6-15/h2-13,25H,1H3,(H,22,24)(H,23,26). The van der Waals surface area contributed by atoms with Crippen molar-refractivity contribution < 1.29 is 14.4 Å². The fourth-order valence-corrected chi connectivity index (χ4v) is 4.16. The van der Waals surface area contributed by atoms with Gasteiger partial charge in [-0.05, 0) is 61.3 Å². The fourth-order valence-electron chi connectivity index (χ4n) is 2.62. The van der Waals surface area contributed by atoms with E-state index >= 15 is 0 Å². The molecule has 1 aliphatic heterocycles. The molecule has 0 aliphatic carbocycles. The molecule has 7 nitrogen and oxygen atoms in total. The Labute approximate surface area is 182 Å². The van der Waals surface area contributed by atoms with Gasteiger partial charge >= 0.3 is 5.97 Å². The predicted octanol–water partition coefficient (Wildman–Crippen LogP) is 4.82. The molecule has 30 heavy (non-hydrogen) atoms. The summed E-state index contributed by atoms with van der Waals surface area (Å²) in [6, 6.07) is 18.5. The van der Waals surface area contributed by atoms with Crippen molar-refractivity contribution in [3.05, 3.63) is 72.4 Å². The van der Waals surface area contributed by atoms with Crippen LogP contribution in [0.25, 0.3) is 0 Å². The van der Waals surface area contributed by atoms with Gasteiger partial charge in [-0.2, -0.15) is 0 Å². The van der Waals surface area contributed by atoms with Crippen molar-refractivity contribution in [3.8, 4) is 0 Å². The smallest absolute Gasteiger partial charge is 0.336 e. The summed E-state index contributed by atoms with van der Waals surface area (Å²) in [6.45, 7) is 1.84. The molecule has 1 atom stereocenters. The van der Waals surface area contributed by atoms with Gasteiger partial charge in [-0.25, -0.2) is 15.3 Å². The molecule has 0 fully saturated rings. The second kappa shape index (κ2) is 9.10. The molecule has 1 unspecified atom stereocenters. The molecule has 9 heteroatoms. The van der Waals surface area contributed by atoms with E-state index in [2.05, 4.69) is 20.5 Å². The third kappa shape index (κ3) is 4.87. The molecule has 2 heterocycles. The number of amides is 1. The number of nitrogens with one attached hydrogen (secondary N) is 3. The number of para-hydroxylation sites is 1. The first-order valence-corrected chi connectivity index (χ1v) is 10.8. The molecule has 0 saturated carbocycles. The Morgan fingerprint density at radius 3 is 2.77 bits per heavy atom. The topological polar surface area (TPSA) is 92.3 Å². The van der Waals surface area contributed by atoms with Crippen LogP contribution in [-0.4, -0.2) is 22.1 Å². The summed E-state index contributed by atoms with van der Waals surface area (Å²) in [5.74, 6) is -0.246. The lowest BCUT2D eigenvalue weighted by Gasteiger charge is -2.21. The van der Waals surface area contributed by atoms with Gasteiger partial charge in [-0.3, -0.25) is 4.79 Å². The maximum atomic E-state index is 12.3. The number of fused-ring (bicyclic) bond motifs is 1. The second-order valence-corrected chi connectivity index (χ2v) is 8.66. The van der Waals surface area contributed by atoms with Crippen LogP contribution in [0.4, 0.5) is 17.2 Å².